The van der Waals surface area contributed by atoms with Gasteiger partial charge in [-0.1, -0.05) is 115 Å². The number of ether oxygens (including phenoxy) is 1. The molecule has 0 N–H and O–H groups in total. The first-order valence-corrected chi connectivity index (χ1v) is 17.5. The van der Waals surface area contributed by atoms with Gasteiger partial charge in [-0.25, -0.2) is 15.0 Å². The Morgan fingerprint density at radius 1 is 0.478 bits per heavy atom. The van der Waals surface area contributed by atoms with Crippen molar-refractivity contribution in [3.8, 4) is 45.7 Å². The molecule has 0 bridgehead atoms. The van der Waals surface area contributed by atoms with Gasteiger partial charge in [0.05, 0.1) is 10.6 Å². The summed E-state index contributed by atoms with van der Waals surface area (Å²) in [6, 6.07) is 47.9. The first-order chi connectivity index (χ1) is 22.6. The Balaban J connectivity index is 1.22. The van der Waals surface area contributed by atoms with Gasteiger partial charge in [0.1, 0.15) is 11.5 Å². The fourth-order valence-electron chi connectivity index (χ4n) is 6.16. The monoisotopic (exact) mass is 629 g/mol. The summed E-state index contributed by atoms with van der Waals surface area (Å²) in [6.45, 7) is 0. The summed E-state index contributed by atoms with van der Waals surface area (Å²) in [5.41, 5.74) is 2.76. The second-order valence-corrected chi connectivity index (χ2v) is 15.0. The number of hydrogen-bond donors (Lipinski definition) is 0. The zero-order valence-corrected chi connectivity index (χ0v) is 26.1. The number of rotatable bonds is 4. The van der Waals surface area contributed by atoms with Crippen LogP contribution in [0.5, 0.6) is 11.5 Å². The second-order valence-electron chi connectivity index (χ2n) is 11.2. The molecule has 9 rings (SSSR count). The topological polar surface area (TPSA) is 65.0 Å². The highest BCUT2D eigenvalue weighted by Crippen LogP contribution is 2.53. The van der Waals surface area contributed by atoms with Crippen LogP contribution in [0.3, 0.4) is 0 Å². The van der Waals surface area contributed by atoms with Crippen molar-refractivity contribution in [3.63, 3.8) is 0 Å². The molecule has 5 nitrogen and oxygen atoms in total. The number of nitrogens with zero attached hydrogens (tertiary/aromatic N) is 3. The van der Waals surface area contributed by atoms with E-state index in [0.717, 1.165) is 52.8 Å². The van der Waals surface area contributed by atoms with Gasteiger partial charge in [0.2, 0.25) is 0 Å². The molecule has 8 aromatic rings. The molecule has 1 aliphatic heterocycles. The number of aromatic nitrogens is 3. The Hall–Kier alpha value is -5.42. The first-order valence-electron chi connectivity index (χ1n) is 15.0. The summed E-state index contributed by atoms with van der Waals surface area (Å²) in [7, 11) is -3.17. The van der Waals surface area contributed by atoms with Crippen molar-refractivity contribution in [1.29, 1.82) is 0 Å². The third kappa shape index (κ3) is 4.30. The summed E-state index contributed by atoms with van der Waals surface area (Å²) in [4.78, 5) is 14.7. The zero-order valence-electron chi connectivity index (χ0n) is 24.4. The van der Waals surface area contributed by atoms with E-state index in [1.54, 1.807) is 11.3 Å². The fourth-order valence-corrected chi connectivity index (χ4v) is 10.3. The van der Waals surface area contributed by atoms with Gasteiger partial charge in [-0.05, 0) is 30.3 Å². The molecule has 7 heteroatoms. The third-order valence-electron chi connectivity index (χ3n) is 8.39. The lowest BCUT2D eigenvalue weighted by Crippen LogP contribution is -2.30. The van der Waals surface area contributed by atoms with E-state index >= 15 is 4.57 Å². The molecule has 1 unspecified atom stereocenters. The zero-order chi connectivity index (χ0) is 30.7. The van der Waals surface area contributed by atoms with Crippen LogP contribution in [0.15, 0.2) is 146 Å². The average molecular weight is 630 g/mol. The summed E-state index contributed by atoms with van der Waals surface area (Å²) >= 11 is 1.67. The van der Waals surface area contributed by atoms with Crippen molar-refractivity contribution in [2.75, 3.05) is 0 Å². The minimum atomic E-state index is -3.17. The molecule has 1 aliphatic rings. The number of benzene rings is 6. The lowest BCUT2D eigenvalue weighted by Gasteiger charge is -2.29. The van der Waals surface area contributed by atoms with Gasteiger partial charge in [-0.15, -0.1) is 11.3 Å². The van der Waals surface area contributed by atoms with E-state index in [-0.39, 0.29) is 0 Å². The Morgan fingerprint density at radius 3 is 1.72 bits per heavy atom. The standard InChI is InChI=1S/C39H24N3O2PS/c43-45(28-16-8-3-9-17-28)33-19-11-10-18-31(33)44-32-23-30-29-21-20-27(22-35(29)46-36(30)24-34(32)45)39-41-37(25-12-4-1-5-13-25)40-38(42-39)26-14-6-2-7-15-26/h1-24H. The number of fused-ring (bicyclic) bond motifs is 5. The van der Waals surface area contributed by atoms with Crippen LogP contribution in [-0.4, -0.2) is 15.0 Å². The van der Waals surface area contributed by atoms with Crippen LogP contribution < -0.4 is 20.7 Å². The van der Waals surface area contributed by atoms with Crippen molar-refractivity contribution in [3.05, 3.63) is 146 Å². The maximum absolute atomic E-state index is 15.2. The highest BCUT2D eigenvalue weighted by molar-refractivity contribution is 7.85. The van der Waals surface area contributed by atoms with Gasteiger partial charge < -0.3 is 9.30 Å². The highest BCUT2D eigenvalue weighted by atomic mass is 32.1. The maximum Gasteiger partial charge on any atom is 0.178 e. The predicted octanol–water partition coefficient (Wildman–Crippen LogP) is 8.99. The number of hydrogen-bond acceptors (Lipinski definition) is 6. The highest BCUT2D eigenvalue weighted by Gasteiger charge is 2.39. The van der Waals surface area contributed by atoms with Crippen LogP contribution in [0.2, 0.25) is 0 Å². The van der Waals surface area contributed by atoms with Crippen molar-refractivity contribution < 1.29 is 9.30 Å². The van der Waals surface area contributed by atoms with Crippen LogP contribution in [0.25, 0.3) is 54.3 Å². The third-order valence-corrected chi connectivity index (χ3v) is 12.6. The van der Waals surface area contributed by atoms with Crippen molar-refractivity contribution in [1.82, 2.24) is 15.0 Å². The van der Waals surface area contributed by atoms with E-state index < -0.39 is 7.14 Å². The molecule has 6 aromatic carbocycles. The molecule has 0 spiro atoms. The minimum Gasteiger partial charge on any atom is -0.456 e. The molecule has 0 radical (unpaired) electrons. The van der Waals surface area contributed by atoms with Gasteiger partial charge in [0.15, 0.2) is 24.6 Å². The number of para-hydroxylation sites is 1. The Bertz CT molecular complexity index is 2420. The molecule has 0 aliphatic carbocycles. The lowest BCUT2D eigenvalue weighted by molar-refractivity contribution is 0.486. The molecule has 0 saturated heterocycles. The van der Waals surface area contributed by atoms with E-state index in [4.69, 9.17) is 19.7 Å². The molecule has 3 heterocycles. The molecule has 0 amide bonds. The normalized spacial score (nSPS) is 15.3. The molecule has 218 valence electrons. The molecule has 46 heavy (non-hydrogen) atoms. The molecule has 0 saturated carbocycles. The SMILES string of the molecule is O=P1(c2ccccc2)c2ccccc2Oc2cc3c(cc21)sc1cc(-c2nc(-c4ccccc4)nc(-c4ccccc4)n2)ccc13. The van der Waals surface area contributed by atoms with Gasteiger partial charge in [0.25, 0.3) is 0 Å². The van der Waals surface area contributed by atoms with E-state index in [0.29, 0.717) is 29.0 Å². The van der Waals surface area contributed by atoms with Crippen LogP contribution in [0.4, 0.5) is 0 Å². The molecular formula is C39H24N3O2PS. The van der Waals surface area contributed by atoms with E-state index in [9.17, 15) is 0 Å². The Kier molecular flexibility index (Phi) is 6.20. The fraction of sp³-hybridized carbons (Fsp3) is 0. The summed E-state index contributed by atoms with van der Waals surface area (Å²) in [5.74, 6) is 3.14. The smallest absolute Gasteiger partial charge is 0.178 e. The van der Waals surface area contributed by atoms with E-state index in [2.05, 4.69) is 30.3 Å². The largest absolute Gasteiger partial charge is 0.456 e. The van der Waals surface area contributed by atoms with Crippen LogP contribution in [0.1, 0.15) is 0 Å². The van der Waals surface area contributed by atoms with Crippen molar-refractivity contribution >= 4 is 54.6 Å². The Morgan fingerprint density at radius 2 is 1.04 bits per heavy atom. The molecule has 0 fully saturated rings. The minimum absolute atomic E-state index is 0.610. The lowest BCUT2D eigenvalue weighted by atomic mass is 10.1. The maximum atomic E-state index is 15.2. The van der Waals surface area contributed by atoms with Gasteiger partial charge in [-0.2, -0.15) is 0 Å². The second kappa shape index (κ2) is 10.6. The van der Waals surface area contributed by atoms with Gasteiger partial charge in [0, 0.05) is 42.2 Å². The molecule has 2 aromatic heterocycles. The molecule has 1 atom stereocenters. The average Bonchev–Trinajstić information content (AvgIpc) is 3.49. The molecular weight excluding hydrogens is 605 g/mol. The predicted molar refractivity (Wildman–Crippen MR) is 188 cm³/mol. The van der Waals surface area contributed by atoms with E-state index in [1.165, 1.54) is 0 Å². The number of thiophene rings is 1. The van der Waals surface area contributed by atoms with E-state index in [1.807, 2.05) is 115 Å². The van der Waals surface area contributed by atoms with Crippen LogP contribution in [-0.2, 0) is 4.57 Å². The quantitative estimate of drug-likeness (QED) is 0.182. The summed E-state index contributed by atoms with van der Waals surface area (Å²) < 4.78 is 23.7. The van der Waals surface area contributed by atoms with Gasteiger partial charge in [-0.3, -0.25) is 0 Å². The Labute approximate surface area is 269 Å². The first kappa shape index (κ1) is 26.9. The summed E-state index contributed by atoms with van der Waals surface area (Å²) in [6.07, 6.45) is 0. The van der Waals surface area contributed by atoms with Crippen molar-refractivity contribution in [2.24, 2.45) is 0 Å². The van der Waals surface area contributed by atoms with Crippen molar-refractivity contribution in [2.45, 2.75) is 0 Å². The van der Waals surface area contributed by atoms with Crippen LogP contribution >= 0.6 is 18.5 Å². The van der Waals surface area contributed by atoms with Crippen LogP contribution in [0, 0.1) is 0 Å². The summed E-state index contributed by atoms with van der Waals surface area (Å²) in [5, 5.41) is 4.43. The van der Waals surface area contributed by atoms with Gasteiger partial charge >= 0.3 is 0 Å².